The zero-order chi connectivity index (χ0) is 24.2. The summed E-state index contributed by atoms with van der Waals surface area (Å²) in [6, 6.07) is 16.9. The van der Waals surface area contributed by atoms with Crippen LogP contribution < -0.4 is 10.6 Å². The van der Waals surface area contributed by atoms with E-state index in [4.69, 9.17) is 0 Å². The van der Waals surface area contributed by atoms with Crippen molar-refractivity contribution in [2.45, 2.75) is 13.1 Å². The van der Waals surface area contributed by atoms with Crippen LogP contribution in [0.2, 0.25) is 0 Å². The summed E-state index contributed by atoms with van der Waals surface area (Å²) in [7, 11) is 0. The van der Waals surface area contributed by atoms with Crippen LogP contribution in [0.15, 0.2) is 79.3 Å². The SMILES string of the molecule is O=C(NCc1ccc(F)c(F)c1)c1cccnc1NCc1ccc(-c2cnc3[nH]ncc3c2)cc1. The Balaban J connectivity index is 1.23. The third-order valence-corrected chi connectivity index (χ3v) is 5.53. The van der Waals surface area contributed by atoms with Crippen molar-refractivity contribution in [1.82, 2.24) is 25.5 Å². The van der Waals surface area contributed by atoms with Crippen LogP contribution >= 0.6 is 0 Å². The van der Waals surface area contributed by atoms with Crippen LogP contribution in [0.5, 0.6) is 0 Å². The van der Waals surface area contributed by atoms with Crippen molar-refractivity contribution in [2.75, 3.05) is 5.32 Å². The van der Waals surface area contributed by atoms with E-state index in [0.29, 0.717) is 23.5 Å². The Labute approximate surface area is 199 Å². The molecular weight excluding hydrogens is 450 g/mol. The monoisotopic (exact) mass is 470 g/mol. The predicted octanol–water partition coefficient (Wildman–Crippen LogP) is 4.84. The smallest absolute Gasteiger partial charge is 0.255 e. The minimum Gasteiger partial charge on any atom is -0.365 e. The van der Waals surface area contributed by atoms with Crippen molar-refractivity contribution in [1.29, 1.82) is 0 Å². The fraction of sp³-hybridized carbons (Fsp3) is 0.0769. The van der Waals surface area contributed by atoms with Gasteiger partial charge in [0.2, 0.25) is 0 Å². The molecule has 7 nitrogen and oxygen atoms in total. The lowest BCUT2D eigenvalue weighted by atomic mass is 10.0. The number of hydrogen-bond donors (Lipinski definition) is 3. The summed E-state index contributed by atoms with van der Waals surface area (Å²) in [6.45, 7) is 0.519. The molecule has 1 amide bonds. The van der Waals surface area contributed by atoms with E-state index in [9.17, 15) is 13.6 Å². The number of aromatic nitrogens is 4. The van der Waals surface area contributed by atoms with Crippen LogP contribution in [0.25, 0.3) is 22.2 Å². The van der Waals surface area contributed by atoms with Crippen molar-refractivity contribution >= 4 is 22.8 Å². The molecule has 0 aliphatic heterocycles. The number of fused-ring (bicyclic) bond motifs is 1. The predicted molar refractivity (Wildman–Crippen MR) is 128 cm³/mol. The number of H-pyrrole nitrogens is 1. The van der Waals surface area contributed by atoms with Crippen LogP contribution in [0, 0.1) is 11.6 Å². The van der Waals surface area contributed by atoms with E-state index in [1.807, 2.05) is 30.3 Å². The van der Waals surface area contributed by atoms with E-state index in [1.165, 1.54) is 6.07 Å². The normalized spacial score (nSPS) is 10.9. The Hall–Kier alpha value is -4.66. The van der Waals surface area contributed by atoms with E-state index >= 15 is 0 Å². The largest absolute Gasteiger partial charge is 0.365 e. The summed E-state index contributed by atoms with van der Waals surface area (Å²) in [6.07, 6.45) is 5.13. The Bertz CT molecular complexity index is 1500. The van der Waals surface area contributed by atoms with Gasteiger partial charge < -0.3 is 10.6 Å². The average Bonchev–Trinajstić information content (AvgIpc) is 3.36. The molecule has 3 heterocycles. The summed E-state index contributed by atoms with van der Waals surface area (Å²) in [4.78, 5) is 21.4. The molecule has 2 aromatic carbocycles. The van der Waals surface area contributed by atoms with Crippen LogP contribution in [-0.2, 0) is 13.1 Å². The number of aromatic amines is 1. The maximum Gasteiger partial charge on any atom is 0.255 e. The number of hydrogen-bond acceptors (Lipinski definition) is 5. The second-order valence-electron chi connectivity index (χ2n) is 7.91. The number of amides is 1. The molecule has 0 saturated carbocycles. The van der Waals surface area contributed by atoms with Gasteiger partial charge in [-0.15, -0.1) is 0 Å². The van der Waals surface area contributed by atoms with Gasteiger partial charge in [0, 0.05) is 36.4 Å². The number of benzene rings is 2. The summed E-state index contributed by atoms with van der Waals surface area (Å²) >= 11 is 0. The third-order valence-electron chi connectivity index (χ3n) is 5.53. The van der Waals surface area contributed by atoms with E-state index in [1.54, 1.807) is 30.7 Å². The Morgan fingerprint density at radius 3 is 2.51 bits per heavy atom. The van der Waals surface area contributed by atoms with Crippen molar-refractivity contribution in [3.8, 4) is 11.1 Å². The molecule has 0 radical (unpaired) electrons. The molecule has 0 spiro atoms. The number of halogens is 2. The van der Waals surface area contributed by atoms with Crippen molar-refractivity contribution in [3.63, 3.8) is 0 Å². The molecule has 0 atom stereocenters. The van der Waals surface area contributed by atoms with Gasteiger partial charge in [0.15, 0.2) is 17.3 Å². The quantitative estimate of drug-likeness (QED) is 0.316. The Morgan fingerprint density at radius 2 is 1.69 bits per heavy atom. The zero-order valence-electron chi connectivity index (χ0n) is 18.4. The summed E-state index contributed by atoms with van der Waals surface area (Å²) < 4.78 is 26.5. The lowest BCUT2D eigenvalue weighted by molar-refractivity contribution is 0.0951. The molecule has 9 heteroatoms. The number of nitrogens with one attached hydrogen (secondary N) is 3. The number of anilines is 1. The first-order valence-corrected chi connectivity index (χ1v) is 10.9. The molecule has 5 rings (SSSR count). The second kappa shape index (κ2) is 9.68. The summed E-state index contributed by atoms with van der Waals surface area (Å²) in [5.74, 6) is -1.83. The first-order valence-electron chi connectivity index (χ1n) is 10.9. The number of carbonyl (C=O) groups excluding carboxylic acids is 1. The first-order chi connectivity index (χ1) is 17.1. The second-order valence-corrected chi connectivity index (χ2v) is 7.91. The van der Waals surface area contributed by atoms with Gasteiger partial charge in [-0.2, -0.15) is 5.10 Å². The highest BCUT2D eigenvalue weighted by molar-refractivity contribution is 5.98. The van der Waals surface area contributed by atoms with Gasteiger partial charge in [0.05, 0.1) is 11.8 Å². The van der Waals surface area contributed by atoms with Crippen LogP contribution in [0.1, 0.15) is 21.5 Å². The van der Waals surface area contributed by atoms with Gasteiger partial charge in [-0.1, -0.05) is 30.3 Å². The Kier molecular flexibility index (Phi) is 6.13. The first kappa shape index (κ1) is 22.1. The highest BCUT2D eigenvalue weighted by Crippen LogP contribution is 2.23. The number of pyridine rings is 2. The maximum atomic E-state index is 13.4. The molecule has 3 aromatic heterocycles. The zero-order valence-corrected chi connectivity index (χ0v) is 18.4. The lowest BCUT2D eigenvalue weighted by Gasteiger charge is -2.12. The van der Waals surface area contributed by atoms with Crippen molar-refractivity contribution in [2.24, 2.45) is 0 Å². The minimum atomic E-state index is -0.954. The van der Waals surface area contributed by atoms with E-state index < -0.39 is 11.6 Å². The molecular formula is C26H20F2N6O. The van der Waals surface area contributed by atoms with E-state index in [2.05, 4.69) is 30.8 Å². The fourth-order valence-corrected chi connectivity index (χ4v) is 3.65. The highest BCUT2D eigenvalue weighted by Gasteiger charge is 2.13. The summed E-state index contributed by atoms with van der Waals surface area (Å²) in [5, 5.41) is 13.7. The standard InChI is InChI=1S/C26H20F2N6O/c27-22-8-5-17(10-23(22)28)13-32-26(35)21-2-1-9-29-25(21)30-12-16-3-6-18(7-4-16)19-11-20-15-33-34-24(20)31-14-19/h1-11,14-15H,12-13H2,(H,29,30)(H,32,35)(H,31,33,34). The topological polar surface area (TPSA) is 95.6 Å². The molecule has 0 bridgehead atoms. The van der Waals surface area contributed by atoms with E-state index in [-0.39, 0.29) is 12.5 Å². The van der Waals surface area contributed by atoms with Crippen molar-refractivity contribution in [3.05, 3.63) is 108 Å². The van der Waals surface area contributed by atoms with Gasteiger partial charge in [-0.3, -0.25) is 9.89 Å². The minimum absolute atomic E-state index is 0.0608. The van der Waals surface area contributed by atoms with Gasteiger partial charge in [-0.05, 0) is 47.0 Å². The molecule has 3 N–H and O–H groups in total. The average molecular weight is 470 g/mol. The van der Waals surface area contributed by atoms with E-state index in [0.717, 1.165) is 39.9 Å². The van der Waals surface area contributed by atoms with Gasteiger partial charge in [0.25, 0.3) is 5.91 Å². The fourth-order valence-electron chi connectivity index (χ4n) is 3.65. The Morgan fingerprint density at radius 1 is 0.857 bits per heavy atom. The van der Waals surface area contributed by atoms with Gasteiger partial charge >= 0.3 is 0 Å². The maximum absolute atomic E-state index is 13.4. The molecule has 174 valence electrons. The van der Waals surface area contributed by atoms with Crippen LogP contribution in [0.3, 0.4) is 0 Å². The number of nitrogens with zero attached hydrogens (tertiary/aromatic N) is 3. The molecule has 0 aliphatic carbocycles. The highest BCUT2D eigenvalue weighted by atomic mass is 19.2. The molecule has 0 aliphatic rings. The lowest BCUT2D eigenvalue weighted by Crippen LogP contribution is -2.24. The molecule has 0 fully saturated rings. The number of rotatable bonds is 7. The molecule has 0 saturated heterocycles. The van der Waals surface area contributed by atoms with Crippen LogP contribution in [0.4, 0.5) is 14.6 Å². The third kappa shape index (κ3) is 4.98. The molecule has 35 heavy (non-hydrogen) atoms. The molecule has 0 unspecified atom stereocenters. The van der Waals surface area contributed by atoms with Crippen molar-refractivity contribution < 1.29 is 13.6 Å². The van der Waals surface area contributed by atoms with Gasteiger partial charge in [0.1, 0.15) is 5.82 Å². The van der Waals surface area contributed by atoms with Crippen LogP contribution in [-0.4, -0.2) is 26.1 Å². The van der Waals surface area contributed by atoms with Gasteiger partial charge in [-0.25, -0.2) is 18.7 Å². The number of carbonyl (C=O) groups is 1. The summed E-state index contributed by atoms with van der Waals surface area (Å²) in [5.41, 5.74) is 4.58. The molecule has 5 aromatic rings.